The van der Waals surface area contributed by atoms with E-state index in [1.54, 1.807) is 49.4 Å². The molecule has 0 aliphatic rings. The van der Waals surface area contributed by atoms with Gasteiger partial charge in [-0.25, -0.2) is 4.79 Å². The van der Waals surface area contributed by atoms with Crippen molar-refractivity contribution in [2.45, 2.75) is 13.8 Å². The Balaban J connectivity index is 2.37. The molecule has 0 atom stereocenters. The van der Waals surface area contributed by atoms with E-state index in [4.69, 9.17) is 21.2 Å². The summed E-state index contributed by atoms with van der Waals surface area (Å²) in [5, 5.41) is 14.1. The van der Waals surface area contributed by atoms with Crippen LogP contribution in [0.3, 0.4) is 0 Å². The number of halogens is 1. The Morgan fingerprint density at radius 1 is 1.20 bits per heavy atom. The van der Waals surface area contributed by atoms with Crippen LogP contribution in [0, 0.1) is 6.92 Å². The van der Waals surface area contributed by atoms with Gasteiger partial charge in [-0.1, -0.05) is 41.0 Å². The minimum atomic E-state index is -1.09. The molecule has 0 fully saturated rings. The van der Waals surface area contributed by atoms with E-state index in [9.17, 15) is 9.90 Å². The molecule has 0 aliphatic carbocycles. The van der Waals surface area contributed by atoms with Gasteiger partial charge in [-0.15, -0.1) is 0 Å². The number of aryl methyl sites for hydroxylation is 1. The molecule has 0 aliphatic heterocycles. The first-order chi connectivity index (χ1) is 11.9. The van der Waals surface area contributed by atoms with Gasteiger partial charge in [0.15, 0.2) is 5.75 Å². The Kier molecular flexibility index (Phi) is 6.19. The van der Waals surface area contributed by atoms with Crippen LogP contribution < -0.4 is 4.84 Å². The fraction of sp³-hybridized carbons (Fsp3) is 0.158. The van der Waals surface area contributed by atoms with Gasteiger partial charge in [0.1, 0.15) is 5.57 Å². The lowest BCUT2D eigenvalue weighted by Crippen LogP contribution is -2.07. The summed E-state index contributed by atoms with van der Waals surface area (Å²) in [6.45, 7) is 3.61. The predicted octanol–water partition coefficient (Wildman–Crippen LogP) is 4.52. The molecule has 0 unspecified atom stereocenters. The summed E-state index contributed by atoms with van der Waals surface area (Å²) >= 11 is 5.93. The quantitative estimate of drug-likeness (QED) is 0.356. The maximum Gasteiger partial charge on any atom is 0.339 e. The number of benzene rings is 2. The average molecular weight is 360 g/mol. The molecule has 1 N–H and O–H groups in total. The van der Waals surface area contributed by atoms with Crippen molar-refractivity contribution in [2.24, 2.45) is 5.16 Å². The van der Waals surface area contributed by atoms with Crippen LogP contribution in [-0.4, -0.2) is 23.9 Å². The van der Waals surface area contributed by atoms with Gasteiger partial charge in [-0.3, -0.25) is 0 Å². The zero-order valence-electron chi connectivity index (χ0n) is 14.1. The standard InChI is InChI=1S/C19H18ClNO4/c1-12-10-14(20)8-9-18(12)25-21-13(2)15-6-4-5-7-16(15)17(11-24-3)19(22)23/h4-11H,1-3H3,(H,22,23)/b17-11+,21-13?. The Bertz CT molecular complexity index is 843. The smallest absolute Gasteiger partial charge is 0.339 e. The van der Waals surface area contributed by atoms with Gasteiger partial charge in [0, 0.05) is 16.1 Å². The second-order valence-electron chi connectivity index (χ2n) is 5.30. The topological polar surface area (TPSA) is 68.1 Å². The molecule has 25 heavy (non-hydrogen) atoms. The lowest BCUT2D eigenvalue weighted by molar-refractivity contribution is -0.130. The number of carboxylic acids is 1. The number of carbonyl (C=O) groups is 1. The highest BCUT2D eigenvalue weighted by Gasteiger charge is 2.16. The fourth-order valence-corrected chi connectivity index (χ4v) is 2.49. The van der Waals surface area contributed by atoms with E-state index in [0.29, 0.717) is 27.6 Å². The van der Waals surface area contributed by atoms with Crippen LogP contribution in [0.15, 0.2) is 53.9 Å². The summed E-state index contributed by atoms with van der Waals surface area (Å²) in [5.41, 5.74) is 2.56. The average Bonchev–Trinajstić information content (AvgIpc) is 2.58. The van der Waals surface area contributed by atoms with Crippen molar-refractivity contribution in [3.05, 3.63) is 70.4 Å². The predicted molar refractivity (Wildman–Crippen MR) is 98.1 cm³/mol. The highest BCUT2D eigenvalue weighted by Crippen LogP contribution is 2.24. The summed E-state index contributed by atoms with van der Waals surface area (Å²) < 4.78 is 4.88. The van der Waals surface area contributed by atoms with Gasteiger partial charge in [-0.05, 0) is 37.6 Å². The molecule has 2 aromatic carbocycles. The first kappa shape index (κ1) is 18.5. The molecule has 0 amide bonds. The zero-order chi connectivity index (χ0) is 18.4. The molecule has 0 heterocycles. The van der Waals surface area contributed by atoms with Crippen LogP contribution >= 0.6 is 11.6 Å². The Hall–Kier alpha value is -2.79. The van der Waals surface area contributed by atoms with Crippen LogP contribution in [0.1, 0.15) is 23.6 Å². The molecule has 6 heteroatoms. The summed E-state index contributed by atoms with van der Waals surface area (Å²) in [5.74, 6) is -0.510. The minimum Gasteiger partial charge on any atom is -0.503 e. The number of methoxy groups -OCH3 is 1. The first-order valence-corrected chi connectivity index (χ1v) is 7.85. The number of hydrogen-bond acceptors (Lipinski definition) is 4. The summed E-state index contributed by atoms with van der Waals surface area (Å²) in [6, 6.07) is 12.2. The largest absolute Gasteiger partial charge is 0.503 e. The van der Waals surface area contributed by atoms with E-state index < -0.39 is 5.97 Å². The summed E-state index contributed by atoms with van der Waals surface area (Å²) in [6.07, 6.45) is 1.19. The molecule has 0 spiro atoms. The number of oxime groups is 1. The van der Waals surface area contributed by atoms with Gasteiger partial charge in [0.2, 0.25) is 0 Å². The second-order valence-corrected chi connectivity index (χ2v) is 5.73. The summed E-state index contributed by atoms with van der Waals surface area (Å²) in [7, 11) is 1.40. The molecule has 2 aromatic rings. The van der Waals surface area contributed by atoms with E-state index >= 15 is 0 Å². The van der Waals surface area contributed by atoms with E-state index in [1.807, 2.05) is 6.92 Å². The van der Waals surface area contributed by atoms with Crippen LogP contribution in [0.2, 0.25) is 5.02 Å². The van der Waals surface area contributed by atoms with Crippen LogP contribution in [0.5, 0.6) is 5.75 Å². The number of aliphatic carboxylic acids is 1. The normalized spacial score (nSPS) is 12.0. The van der Waals surface area contributed by atoms with Crippen molar-refractivity contribution in [3.63, 3.8) is 0 Å². The molecule has 0 radical (unpaired) electrons. The number of ether oxygens (including phenoxy) is 1. The highest BCUT2D eigenvalue weighted by molar-refractivity contribution is 6.30. The Labute approximate surface area is 151 Å². The zero-order valence-corrected chi connectivity index (χ0v) is 14.9. The van der Waals surface area contributed by atoms with Crippen molar-refractivity contribution < 1.29 is 19.5 Å². The Morgan fingerprint density at radius 2 is 1.88 bits per heavy atom. The Morgan fingerprint density at radius 3 is 2.48 bits per heavy atom. The van der Waals surface area contributed by atoms with Gasteiger partial charge in [0.05, 0.1) is 19.1 Å². The monoisotopic (exact) mass is 359 g/mol. The second kappa shape index (κ2) is 8.35. The lowest BCUT2D eigenvalue weighted by Gasteiger charge is -2.10. The van der Waals surface area contributed by atoms with E-state index in [2.05, 4.69) is 5.16 Å². The maximum absolute atomic E-state index is 11.5. The van der Waals surface area contributed by atoms with Gasteiger partial charge in [-0.2, -0.15) is 0 Å². The number of carboxylic acid groups (broad SMARTS) is 1. The van der Waals surface area contributed by atoms with Gasteiger partial charge in [0.25, 0.3) is 0 Å². The SMILES string of the molecule is CO/C=C(/C(=O)O)c1ccccc1C(C)=NOc1ccc(Cl)cc1C. The summed E-state index contributed by atoms with van der Waals surface area (Å²) in [4.78, 5) is 17.0. The molecule has 0 saturated carbocycles. The number of hydrogen-bond donors (Lipinski definition) is 1. The number of rotatable bonds is 6. The van der Waals surface area contributed by atoms with Crippen LogP contribution in [0.4, 0.5) is 0 Å². The molecule has 5 nitrogen and oxygen atoms in total. The van der Waals surface area contributed by atoms with Gasteiger partial charge < -0.3 is 14.7 Å². The minimum absolute atomic E-state index is 0.0373. The fourth-order valence-electron chi connectivity index (χ4n) is 2.26. The molecular formula is C19H18ClNO4. The molecule has 0 saturated heterocycles. The van der Waals surface area contributed by atoms with Crippen molar-refractivity contribution in [2.75, 3.05) is 7.11 Å². The van der Waals surface area contributed by atoms with Crippen molar-refractivity contribution >= 4 is 28.9 Å². The highest BCUT2D eigenvalue weighted by atomic mass is 35.5. The molecule has 2 rings (SSSR count). The maximum atomic E-state index is 11.5. The third-order valence-corrected chi connectivity index (χ3v) is 3.73. The van der Waals surface area contributed by atoms with E-state index in [-0.39, 0.29) is 5.57 Å². The molecule has 0 bridgehead atoms. The van der Waals surface area contributed by atoms with E-state index in [1.165, 1.54) is 13.4 Å². The van der Waals surface area contributed by atoms with E-state index in [0.717, 1.165) is 5.56 Å². The third-order valence-electron chi connectivity index (χ3n) is 3.49. The lowest BCUT2D eigenvalue weighted by atomic mass is 9.98. The molecule has 0 aromatic heterocycles. The van der Waals surface area contributed by atoms with Crippen molar-refractivity contribution in [1.82, 2.24) is 0 Å². The van der Waals surface area contributed by atoms with Crippen molar-refractivity contribution in [1.29, 1.82) is 0 Å². The molecule has 130 valence electrons. The van der Waals surface area contributed by atoms with Crippen LogP contribution in [0.25, 0.3) is 5.57 Å². The van der Waals surface area contributed by atoms with Crippen molar-refractivity contribution in [3.8, 4) is 5.75 Å². The first-order valence-electron chi connectivity index (χ1n) is 7.48. The third kappa shape index (κ3) is 4.61. The van der Waals surface area contributed by atoms with Crippen LogP contribution in [-0.2, 0) is 9.53 Å². The number of nitrogens with zero attached hydrogens (tertiary/aromatic N) is 1. The molecular weight excluding hydrogens is 342 g/mol. The van der Waals surface area contributed by atoms with Gasteiger partial charge >= 0.3 is 5.97 Å².